The van der Waals surface area contributed by atoms with Crippen LogP contribution in [-0.4, -0.2) is 13.7 Å². The first-order valence-electron chi connectivity index (χ1n) is 5.93. The quantitative estimate of drug-likeness (QED) is 0.843. The maximum atomic E-state index is 8.63. The molecular weight excluding hydrogens is 248 g/mol. The van der Waals surface area contributed by atoms with E-state index >= 15 is 0 Å². The molecule has 0 fully saturated rings. The standard InChI is InChI=1S/C14H19ClN2O/c1-14(2,7-4-8-16)10-17-12-9-11(15)5-6-13(12)18-3/h5-6,9,17H,4,7,10H2,1-3H3. The molecule has 0 aliphatic carbocycles. The molecule has 1 rings (SSSR count). The Morgan fingerprint density at radius 1 is 1.44 bits per heavy atom. The Morgan fingerprint density at radius 3 is 2.78 bits per heavy atom. The number of nitriles is 1. The van der Waals surface area contributed by atoms with E-state index < -0.39 is 0 Å². The molecule has 0 spiro atoms. The van der Waals surface area contributed by atoms with Gasteiger partial charge in [-0.25, -0.2) is 0 Å². The molecule has 98 valence electrons. The second kappa shape index (κ2) is 6.51. The summed E-state index contributed by atoms with van der Waals surface area (Å²) in [6, 6.07) is 7.67. The first kappa shape index (κ1) is 14.7. The zero-order valence-corrected chi connectivity index (χ0v) is 11.8. The molecule has 18 heavy (non-hydrogen) atoms. The van der Waals surface area contributed by atoms with E-state index in [1.165, 1.54) is 0 Å². The number of hydrogen-bond donors (Lipinski definition) is 1. The SMILES string of the molecule is COc1ccc(Cl)cc1NCC(C)(C)CCC#N. The maximum Gasteiger partial charge on any atom is 0.142 e. The highest BCUT2D eigenvalue weighted by molar-refractivity contribution is 6.30. The number of nitrogens with one attached hydrogen (secondary N) is 1. The van der Waals surface area contributed by atoms with Gasteiger partial charge in [0.1, 0.15) is 5.75 Å². The Bertz CT molecular complexity index is 438. The summed E-state index contributed by atoms with van der Waals surface area (Å²) in [6.07, 6.45) is 1.43. The van der Waals surface area contributed by atoms with Gasteiger partial charge in [-0.15, -0.1) is 0 Å². The Morgan fingerprint density at radius 2 is 2.17 bits per heavy atom. The van der Waals surface area contributed by atoms with Crippen molar-refractivity contribution >= 4 is 17.3 Å². The summed E-state index contributed by atoms with van der Waals surface area (Å²) >= 11 is 5.97. The number of halogens is 1. The van der Waals surface area contributed by atoms with Crippen LogP contribution in [0.2, 0.25) is 5.02 Å². The van der Waals surface area contributed by atoms with Gasteiger partial charge in [-0.2, -0.15) is 5.26 Å². The normalized spacial score (nSPS) is 10.8. The molecule has 1 aromatic rings. The van der Waals surface area contributed by atoms with Crippen LogP contribution in [0.15, 0.2) is 18.2 Å². The fourth-order valence-electron chi connectivity index (χ4n) is 1.64. The average Bonchev–Trinajstić information content (AvgIpc) is 2.34. The molecule has 0 amide bonds. The van der Waals surface area contributed by atoms with Crippen LogP contribution < -0.4 is 10.1 Å². The third kappa shape index (κ3) is 4.46. The second-order valence-corrected chi connectivity index (χ2v) is 5.46. The molecule has 1 aromatic carbocycles. The lowest BCUT2D eigenvalue weighted by molar-refractivity contribution is 0.362. The largest absolute Gasteiger partial charge is 0.495 e. The molecule has 0 heterocycles. The highest BCUT2D eigenvalue weighted by Crippen LogP contribution is 2.30. The summed E-state index contributed by atoms with van der Waals surface area (Å²) in [4.78, 5) is 0. The van der Waals surface area contributed by atoms with Crippen molar-refractivity contribution in [1.29, 1.82) is 5.26 Å². The van der Waals surface area contributed by atoms with E-state index in [1.54, 1.807) is 13.2 Å². The summed E-state index contributed by atoms with van der Waals surface area (Å²) in [5, 5.41) is 12.6. The Kier molecular flexibility index (Phi) is 5.30. The lowest BCUT2D eigenvalue weighted by Crippen LogP contribution is -2.23. The highest BCUT2D eigenvalue weighted by atomic mass is 35.5. The van der Waals surface area contributed by atoms with Gasteiger partial charge < -0.3 is 10.1 Å². The van der Waals surface area contributed by atoms with Crippen LogP contribution in [0.3, 0.4) is 0 Å². The molecule has 3 nitrogen and oxygen atoms in total. The van der Waals surface area contributed by atoms with Crippen molar-refractivity contribution in [3.63, 3.8) is 0 Å². The first-order valence-corrected chi connectivity index (χ1v) is 6.31. The maximum absolute atomic E-state index is 8.63. The van der Waals surface area contributed by atoms with Gasteiger partial charge >= 0.3 is 0 Å². The van der Waals surface area contributed by atoms with Crippen molar-refractivity contribution < 1.29 is 4.74 Å². The number of ether oxygens (including phenoxy) is 1. The molecular formula is C14H19ClN2O. The third-order valence-corrected chi connectivity index (χ3v) is 3.07. The smallest absolute Gasteiger partial charge is 0.142 e. The summed E-state index contributed by atoms with van der Waals surface area (Å²) < 4.78 is 5.27. The van der Waals surface area contributed by atoms with E-state index in [4.69, 9.17) is 21.6 Å². The van der Waals surface area contributed by atoms with Gasteiger partial charge in [0, 0.05) is 18.0 Å². The summed E-state index contributed by atoms with van der Waals surface area (Å²) in [5.74, 6) is 0.774. The van der Waals surface area contributed by atoms with Gasteiger partial charge in [-0.05, 0) is 30.0 Å². The third-order valence-electron chi connectivity index (χ3n) is 2.83. The molecule has 1 N–H and O–H groups in total. The molecule has 0 aliphatic rings. The van der Waals surface area contributed by atoms with Crippen LogP contribution >= 0.6 is 11.6 Å². The van der Waals surface area contributed by atoms with Crippen molar-refractivity contribution in [1.82, 2.24) is 0 Å². The minimum absolute atomic E-state index is 0.0586. The Hall–Kier alpha value is -1.40. The van der Waals surface area contributed by atoms with E-state index in [0.717, 1.165) is 24.4 Å². The van der Waals surface area contributed by atoms with Crippen LogP contribution in [0.1, 0.15) is 26.7 Å². The van der Waals surface area contributed by atoms with E-state index in [2.05, 4.69) is 25.2 Å². The van der Waals surface area contributed by atoms with E-state index in [1.807, 2.05) is 12.1 Å². The zero-order valence-electron chi connectivity index (χ0n) is 11.1. The minimum Gasteiger partial charge on any atom is -0.495 e. The molecule has 0 unspecified atom stereocenters. The summed E-state index contributed by atoms with van der Waals surface area (Å²) in [5.41, 5.74) is 0.943. The monoisotopic (exact) mass is 266 g/mol. The lowest BCUT2D eigenvalue weighted by atomic mass is 9.88. The fourth-order valence-corrected chi connectivity index (χ4v) is 1.81. The Balaban J connectivity index is 2.68. The summed E-state index contributed by atoms with van der Waals surface area (Å²) in [7, 11) is 1.63. The predicted molar refractivity (Wildman–Crippen MR) is 75.1 cm³/mol. The summed E-state index contributed by atoms with van der Waals surface area (Å²) in [6.45, 7) is 5.04. The topological polar surface area (TPSA) is 45.0 Å². The molecule has 0 aromatic heterocycles. The number of hydrogen-bond acceptors (Lipinski definition) is 3. The number of benzene rings is 1. The van der Waals surface area contributed by atoms with Crippen molar-refractivity contribution in [3.05, 3.63) is 23.2 Å². The van der Waals surface area contributed by atoms with Crippen LogP contribution in [-0.2, 0) is 0 Å². The van der Waals surface area contributed by atoms with Gasteiger partial charge in [-0.1, -0.05) is 25.4 Å². The molecule has 4 heteroatoms. The van der Waals surface area contributed by atoms with Gasteiger partial charge in [-0.3, -0.25) is 0 Å². The van der Waals surface area contributed by atoms with Crippen LogP contribution in [0.25, 0.3) is 0 Å². The van der Waals surface area contributed by atoms with E-state index in [-0.39, 0.29) is 5.41 Å². The molecule has 0 bridgehead atoms. The average molecular weight is 267 g/mol. The number of methoxy groups -OCH3 is 1. The van der Waals surface area contributed by atoms with E-state index in [9.17, 15) is 0 Å². The van der Waals surface area contributed by atoms with E-state index in [0.29, 0.717) is 11.4 Å². The van der Waals surface area contributed by atoms with Crippen LogP contribution in [0, 0.1) is 16.7 Å². The highest BCUT2D eigenvalue weighted by Gasteiger charge is 2.17. The molecule has 0 atom stereocenters. The van der Waals surface area contributed by atoms with Gasteiger partial charge in [0.15, 0.2) is 0 Å². The van der Waals surface area contributed by atoms with Crippen LogP contribution in [0.4, 0.5) is 5.69 Å². The van der Waals surface area contributed by atoms with Gasteiger partial charge in [0.2, 0.25) is 0 Å². The molecule has 0 radical (unpaired) electrons. The molecule has 0 aliphatic heterocycles. The van der Waals surface area contributed by atoms with Gasteiger partial charge in [0.25, 0.3) is 0 Å². The van der Waals surface area contributed by atoms with Gasteiger partial charge in [0.05, 0.1) is 18.9 Å². The van der Waals surface area contributed by atoms with Crippen molar-refractivity contribution in [2.45, 2.75) is 26.7 Å². The minimum atomic E-state index is 0.0586. The molecule has 0 saturated carbocycles. The zero-order chi connectivity index (χ0) is 13.6. The first-order chi connectivity index (χ1) is 8.48. The van der Waals surface area contributed by atoms with Crippen molar-refractivity contribution in [2.75, 3.05) is 19.0 Å². The lowest BCUT2D eigenvalue weighted by Gasteiger charge is -2.25. The van der Waals surface area contributed by atoms with Crippen LogP contribution in [0.5, 0.6) is 5.75 Å². The number of nitrogens with zero attached hydrogens (tertiary/aromatic N) is 1. The number of anilines is 1. The Labute approximate surface area is 114 Å². The molecule has 0 saturated heterocycles. The fraction of sp³-hybridized carbons (Fsp3) is 0.500. The predicted octanol–water partition coefficient (Wildman–Crippen LogP) is 4.09. The van der Waals surface area contributed by atoms with Crippen molar-refractivity contribution in [2.24, 2.45) is 5.41 Å². The second-order valence-electron chi connectivity index (χ2n) is 5.02. The van der Waals surface area contributed by atoms with Crippen molar-refractivity contribution in [3.8, 4) is 11.8 Å². The number of rotatable bonds is 6.